The molecule has 70 heavy (non-hydrogen) atoms. The van der Waals surface area contributed by atoms with Gasteiger partial charge in [-0.3, -0.25) is 0 Å². The maximum atomic E-state index is 2.49. The lowest BCUT2D eigenvalue weighted by Gasteiger charge is -2.29. The molecule has 0 unspecified atom stereocenters. The summed E-state index contributed by atoms with van der Waals surface area (Å²) in [7, 11) is 0. The Morgan fingerprint density at radius 1 is 0.400 bits per heavy atom. The molecule has 0 amide bonds. The second-order valence-corrected chi connectivity index (χ2v) is 19.9. The van der Waals surface area contributed by atoms with Gasteiger partial charge in [0.25, 0.3) is 0 Å². The molecule has 3 aliphatic carbocycles. The second-order valence-electron chi connectivity index (χ2n) is 19.9. The molecule has 0 atom stereocenters. The van der Waals surface area contributed by atoms with E-state index in [1.165, 1.54) is 127 Å². The number of anilines is 2. The minimum absolute atomic E-state index is 0.0707. The molecule has 3 nitrogen and oxygen atoms in total. The van der Waals surface area contributed by atoms with Crippen molar-refractivity contribution in [3.8, 4) is 55.9 Å². The van der Waals surface area contributed by atoms with Gasteiger partial charge in [0.15, 0.2) is 0 Å². The van der Waals surface area contributed by atoms with Gasteiger partial charge in [-0.2, -0.15) is 0 Å². The van der Waals surface area contributed by atoms with Crippen LogP contribution >= 0.6 is 0 Å². The maximum Gasteiger partial charge on any atom is 0.0547 e. The van der Waals surface area contributed by atoms with Gasteiger partial charge in [-0.1, -0.05) is 153 Å². The van der Waals surface area contributed by atoms with E-state index < -0.39 is 0 Å². The average molecular weight is 894 g/mol. The van der Waals surface area contributed by atoms with Crippen LogP contribution < -0.4 is 4.90 Å². The van der Waals surface area contributed by atoms with Crippen molar-refractivity contribution < 1.29 is 0 Å². The van der Waals surface area contributed by atoms with Crippen LogP contribution in [0.3, 0.4) is 0 Å². The number of para-hydroxylation sites is 2. The Hall–Kier alpha value is -8.66. The zero-order valence-electron chi connectivity index (χ0n) is 39.1. The van der Waals surface area contributed by atoms with Crippen LogP contribution in [0.25, 0.3) is 110 Å². The lowest BCUT2D eigenvalue weighted by Crippen LogP contribution is -2.19. The summed E-state index contributed by atoms with van der Waals surface area (Å²) in [5, 5.41) is 7.74. The first kappa shape index (κ1) is 39.3. The molecular weight excluding hydrogens is 847 g/mol. The number of fused-ring (bicyclic) bond motifs is 9. The number of hydrogen-bond acceptors (Lipinski definition) is 1. The van der Waals surface area contributed by atoms with Gasteiger partial charge < -0.3 is 14.0 Å². The third-order valence-corrected chi connectivity index (χ3v) is 15.8. The highest BCUT2D eigenvalue weighted by Crippen LogP contribution is 2.53. The molecule has 0 aliphatic heterocycles. The van der Waals surface area contributed by atoms with E-state index in [1.807, 2.05) is 0 Å². The minimum atomic E-state index is -0.0707. The number of rotatable bonds is 6. The molecule has 330 valence electrons. The fourth-order valence-corrected chi connectivity index (χ4v) is 12.6. The van der Waals surface area contributed by atoms with E-state index in [2.05, 4.69) is 252 Å². The van der Waals surface area contributed by atoms with Crippen LogP contribution in [-0.4, -0.2) is 9.13 Å². The van der Waals surface area contributed by atoms with E-state index in [4.69, 9.17) is 0 Å². The van der Waals surface area contributed by atoms with Crippen molar-refractivity contribution in [1.29, 1.82) is 0 Å². The van der Waals surface area contributed by atoms with E-state index in [-0.39, 0.29) is 5.41 Å². The smallest absolute Gasteiger partial charge is 0.0547 e. The van der Waals surface area contributed by atoms with Crippen molar-refractivity contribution >= 4 is 65.8 Å². The SMILES string of the molecule is CC1(C)c2ccccc2-c2ccc(N(C3=CCCC=C3)c3ccc(-c4ccc(-n5c6cccc7c6c6c8c(cccc8ccc65)-c5cc6c8ccccc8n(-c8ccccc8)c6cc5-7)cc4)cc3)cc21. The topological polar surface area (TPSA) is 13.1 Å². The van der Waals surface area contributed by atoms with Gasteiger partial charge in [-0.25, -0.2) is 0 Å². The Morgan fingerprint density at radius 2 is 1.04 bits per heavy atom. The lowest BCUT2D eigenvalue weighted by molar-refractivity contribution is 0.660. The van der Waals surface area contributed by atoms with Crippen molar-refractivity contribution in [2.75, 3.05) is 4.90 Å². The summed E-state index contributed by atoms with van der Waals surface area (Å²) in [6, 6.07) is 77.3. The van der Waals surface area contributed by atoms with E-state index in [1.54, 1.807) is 0 Å². The number of benzene rings is 10. The first-order chi connectivity index (χ1) is 34.5. The summed E-state index contributed by atoms with van der Waals surface area (Å²) in [5.74, 6) is 0. The Bertz CT molecular complexity index is 4230. The van der Waals surface area contributed by atoms with Crippen molar-refractivity contribution in [2.24, 2.45) is 0 Å². The van der Waals surface area contributed by atoms with Crippen LogP contribution in [-0.2, 0) is 5.41 Å². The normalized spacial score (nSPS) is 14.2. The number of aromatic nitrogens is 2. The van der Waals surface area contributed by atoms with Gasteiger partial charge in [0.1, 0.15) is 0 Å². The van der Waals surface area contributed by atoms with Crippen molar-refractivity contribution in [2.45, 2.75) is 32.1 Å². The summed E-state index contributed by atoms with van der Waals surface area (Å²) in [6.07, 6.45) is 9.09. The number of hydrogen-bond donors (Lipinski definition) is 0. The van der Waals surface area contributed by atoms with Gasteiger partial charge in [0.2, 0.25) is 0 Å². The Morgan fingerprint density at radius 3 is 1.87 bits per heavy atom. The van der Waals surface area contributed by atoms with Crippen LogP contribution in [0.5, 0.6) is 0 Å². The Kier molecular flexibility index (Phi) is 8.25. The highest BCUT2D eigenvalue weighted by Gasteiger charge is 2.36. The molecule has 3 heteroatoms. The summed E-state index contributed by atoms with van der Waals surface area (Å²) in [6.45, 7) is 4.73. The van der Waals surface area contributed by atoms with E-state index in [0.717, 1.165) is 24.2 Å². The molecule has 15 rings (SSSR count). The van der Waals surface area contributed by atoms with Crippen molar-refractivity contribution in [3.05, 3.63) is 241 Å². The van der Waals surface area contributed by atoms with Gasteiger partial charge in [0, 0.05) is 55.4 Å². The lowest BCUT2D eigenvalue weighted by atomic mass is 9.82. The maximum absolute atomic E-state index is 2.49. The minimum Gasteiger partial charge on any atom is -0.311 e. The van der Waals surface area contributed by atoms with Crippen LogP contribution in [0.15, 0.2) is 230 Å². The van der Waals surface area contributed by atoms with Gasteiger partial charge >= 0.3 is 0 Å². The molecule has 0 bridgehead atoms. The van der Waals surface area contributed by atoms with Crippen LogP contribution in [0.2, 0.25) is 0 Å². The molecule has 10 aromatic carbocycles. The third kappa shape index (κ3) is 5.52. The fraction of sp³-hybridized carbons (Fsp3) is 0.0746. The molecule has 2 aromatic heterocycles. The summed E-state index contributed by atoms with van der Waals surface area (Å²) < 4.78 is 4.93. The first-order valence-electron chi connectivity index (χ1n) is 24.7. The van der Waals surface area contributed by atoms with E-state index >= 15 is 0 Å². The Labute approximate surface area is 407 Å². The fourth-order valence-electron chi connectivity index (χ4n) is 12.6. The van der Waals surface area contributed by atoms with Gasteiger partial charge in [0.05, 0.1) is 22.1 Å². The summed E-state index contributed by atoms with van der Waals surface area (Å²) >= 11 is 0. The zero-order valence-corrected chi connectivity index (χ0v) is 39.1. The predicted octanol–water partition coefficient (Wildman–Crippen LogP) is 18.0. The number of allylic oxidation sites excluding steroid dienone is 3. The second kappa shape index (κ2) is 14.7. The molecule has 0 saturated heterocycles. The van der Waals surface area contributed by atoms with E-state index in [0.29, 0.717) is 0 Å². The molecule has 3 aliphatic rings. The molecular formula is C67H47N3. The molecule has 2 heterocycles. The van der Waals surface area contributed by atoms with E-state index in [9.17, 15) is 0 Å². The largest absolute Gasteiger partial charge is 0.311 e. The van der Waals surface area contributed by atoms with Gasteiger partial charge in [-0.05, 0) is 164 Å². The molecule has 0 radical (unpaired) electrons. The standard InChI is InChI=1S/C67H47N3/c1-67(2)58-24-11-9-20-50(58)51-37-36-49(39-59(51)67)68(45-16-5-3-6-17-45)47-32-27-42(28-33-47)43-29-34-48(35-30-43)70-61-26-14-23-54-56-41-63-57(52-21-10-12-25-60(52)69(63)46-18-7-4-8-19-46)40-55(56)53-22-13-15-44-31-38-62(70)66(64(44)53)65(54)61/h4-5,7-41H,3,6H2,1-2H3. The Balaban J connectivity index is 0.841. The van der Waals surface area contributed by atoms with Gasteiger partial charge in [-0.15, -0.1) is 0 Å². The summed E-state index contributed by atoms with van der Waals surface area (Å²) in [4.78, 5) is 2.44. The van der Waals surface area contributed by atoms with Crippen LogP contribution in [0.4, 0.5) is 11.4 Å². The van der Waals surface area contributed by atoms with Crippen LogP contribution in [0, 0.1) is 0 Å². The van der Waals surface area contributed by atoms with Crippen molar-refractivity contribution in [3.63, 3.8) is 0 Å². The highest BCUT2D eigenvalue weighted by molar-refractivity contribution is 6.31. The molecule has 0 fully saturated rings. The third-order valence-electron chi connectivity index (χ3n) is 15.8. The average Bonchev–Trinajstić information content (AvgIpc) is 3.98. The zero-order chi connectivity index (χ0) is 46.2. The molecule has 0 saturated carbocycles. The first-order valence-corrected chi connectivity index (χ1v) is 24.7. The predicted molar refractivity (Wildman–Crippen MR) is 295 cm³/mol. The quantitative estimate of drug-likeness (QED) is 0.162. The monoisotopic (exact) mass is 893 g/mol. The van der Waals surface area contributed by atoms with Crippen molar-refractivity contribution in [1.82, 2.24) is 9.13 Å². The highest BCUT2D eigenvalue weighted by atomic mass is 15.1. The number of nitrogens with zero attached hydrogens (tertiary/aromatic N) is 3. The van der Waals surface area contributed by atoms with Crippen LogP contribution in [0.1, 0.15) is 37.8 Å². The molecule has 0 spiro atoms. The summed E-state index contributed by atoms with van der Waals surface area (Å²) in [5.41, 5.74) is 23.6. The molecule has 12 aromatic rings. The molecule has 0 N–H and O–H groups in total.